The Balaban J connectivity index is 1.79. The molecule has 2 heterocycles. The number of amides is 1. The first-order valence-corrected chi connectivity index (χ1v) is 7.25. The molecule has 1 saturated heterocycles. The zero-order chi connectivity index (χ0) is 15.5. The molecule has 22 heavy (non-hydrogen) atoms. The third kappa shape index (κ3) is 2.86. The third-order valence-electron chi connectivity index (χ3n) is 3.86. The molecule has 0 radical (unpaired) electrons. The number of nitrogens with zero attached hydrogens (tertiary/aromatic N) is 2. The first-order valence-electron chi connectivity index (χ1n) is 7.25. The van der Waals surface area contributed by atoms with Crippen LogP contribution in [0.1, 0.15) is 6.42 Å². The van der Waals surface area contributed by atoms with Crippen LogP contribution >= 0.6 is 0 Å². The summed E-state index contributed by atoms with van der Waals surface area (Å²) in [6.45, 7) is 2.59. The summed E-state index contributed by atoms with van der Waals surface area (Å²) in [6, 6.07) is 6.05. The molecule has 0 aromatic heterocycles. The molecule has 1 aromatic rings. The molecule has 1 fully saturated rings. The fourth-order valence-corrected chi connectivity index (χ4v) is 2.73. The summed E-state index contributed by atoms with van der Waals surface area (Å²) in [5.41, 5.74) is 1.35. The predicted octanol–water partition coefficient (Wildman–Crippen LogP) is 1.25. The van der Waals surface area contributed by atoms with Gasteiger partial charge in [-0.15, -0.1) is 0 Å². The van der Waals surface area contributed by atoms with Gasteiger partial charge in [-0.25, -0.2) is 0 Å². The van der Waals surface area contributed by atoms with Crippen LogP contribution < -0.4 is 10.2 Å². The minimum atomic E-state index is -0.450. The Kier molecular flexibility index (Phi) is 4.17. The van der Waals surface area contributed by atoms with Gasteiger partial charge in [-0.1, -0.05) is 6.08 Å². The predicted molar refractivity (Wildman–Crippen MR) is 80.8 cm³/mol. The lowest BCUT2D eigenvalue weighted by atomic mass is 10.0. The topological polar surface area (TPSA) is 84.7 Å². The van der Waals surface area contributed by atoms with Crippen molar-refractivity contribution in [2.75, 3.05) is 31.1 Å². The number of hydrogen-bond acceptors (Lipinski definition) is 5. The van der Waals surface area contributed by atoms with E-state index in [0.717, 1.165) is 13.0 Å². The average Bonchev–Trinajstić information content (AvgIpc) is 2.56. The molecule has 1 aromatic carbocycles. The van der Waals surface area contributed by atoms with Crippen molar-refractivity contribution >= 4 is 17.3 Å². The number of benzene rings is 1. The number of rotatable bonds is 3. The zero-order valence-electron chi connectivity index (χ0n) is 12.0. The quantitative estimate of drug-likeness (QED) is 0.671. The monoisotopic (exact) mass is 303 g/mol. The highest BCUT2D eigenvalue weighted by atomic mass is 16.6. The molecule has 2 aliphatic rings. The van der Waals surface area contributed by atoms with E-state index in [1.54, 1.807) is 17.0 Å². The highest BCUT2D eigenvalue weighted by Crippen LogP contribution is 2.25. The minimum absolute atomic E-state index is 0.0174. The van der Waals surface area contributed by atoms with E-state index in [9.17, 15) is 14.9 Å². The molecule has 2 aliphatic heterocycles. The van der Waals surface area contributed by atoms with E-state index in [2.05, 4.69) is 5.32 Å². The largest absolute Gasteiger partial charge is 0.371 e. The van der Waals surface area contributed by atoms with E-state index in [1.165, 1.54) is 12.1 Å². The summed E-state index contributed by atoms with van der Waals surface area (Å²) in [5.74, 6) is -0.0891. The molecule has 116 valence electrons. The summed E-state index contributed by atoms with van der Waals surface area (Å²) in [4.78, 5) is 24.6. The fraction of sp³-hybridized carbons (Fsp3) is 0.400. The Morgan fingerprint density at radius 1 is 1.32 bits per heavy atom. The highest BCUT2D eigenvalue weighted by molar-refractivity contribution is 6.07. The van der Waals surface area contributed by atoms with Crippen LogP contribution in [0.3, 0.4) is 0 Å². The van der Waals surface area contributed by atoms with Crippen LogP contribution in [0.2, 0.25) is 0 Å². The lowest BCUT2D eigenvalue weighted by Gasteiger charge is -2.32. The second kappa shape index (κ2) is 6.25. The van der Waals surface area contributed by atoms with Gasteiger partial charge in [0, 0.05) is 43.0 Å². The molecule has 0 saturated carbocycles. The number of non-ortho nitro benzene ring substituents is 1. The molecule has 0 bridgehead atoms. The van der Waals surface area contributed by atoms with E-state index in [1.807, 2.05) is 6.08 Å². The van der Waals surface area contributed by atoms with Crippen molar-refractivity contribution in [2.24, 2.45) is 0 Å². The Morgan fingerprint density at radius 2 is 2.09 bits per heavy atom. The number of morpholine rings is 1. The van der Waals surface area contributed by atoms with Crippen molar-refractivity contribution in [3.05, 3.63) is 46.0 Å². The van der Waals surface area contributed by atoms with E-state index >= 15 is 0 Å². The van der Waals surface area contributed by atoms with Crippen LogP contribution in [0.4, 0.5) is 11.4 Å². The molecule has 7 nitrogen and oxygen atoms in total. The summed E-state index contributed by atoms with van der Waals surface area (Å²) in [6.07, 6.45) is 2.46. The fourth-order valence-electron chi connectivity index (χ4n) is 2.73. The van der Waals surface area contributed by atoms with Gasteiger partial charge in [-0.2, -0.15) is 0 Å². The van der Waals surface area contributed by atoms with E-state index in [0.29, 0.717) is 31.0 Å². The lowest BCUT2D eigenvalue weighted by molar-refractivity contribution is -0.384. The number of carbonyl (C=O) groups is 1. The van der Waals surface area contributed by atoms with Gasteiger partial charge in [0.15, 0.2) is 0 Å². The average molecular weight is 303 g/mol. The minimum Gasteiger partial charge on any atom is -0.371 e. The van der Waals surface area contributed by atoms with Gasteiger partial charge >= 0.3 is 0 Å². The number of ether oxygens (including phenoxy) is 1. The molecule has 1 atom stereocenters. The van der Waals surface area contributed by atoms with Gasteiger partial charge in [0.25, 0.3) is 11.6 Å². The van der Waals surface area contributed by atoms with Gasteiger partial charge in [-0.3, -0.25) is 14.9 Å². The smallest absolute Gasteiger partial charge is 0.269 e. The summed E-state index contributed by atoms with van der Waals surface area (Å²) >= 11 is 0. The highest BCUT2D eigenvalue weighted by Gasteiger charge is 2.30. The van der Waals surface area contributed by atoms with Crippen LogP contribution in [-0.2, 0) is 9.53 Å². The number of anilines is 1. The number of nitro groups is 1. The van der Waals surface area contributed by atoms with Crippen LogP contribution in [0, 0.1) is 10.1 Å². The van der Waals surface area contributed by atoms with Crippen molar-refractivity contribution in [3.8, 4) is 0 Å². The summed E-state index contributed by atoms with van der Waals surface area (Å²) < 4.78 is 5.66. The van der Waals surface area contributed by atoms with Crippen molar-refractivity contribution in [2.45, 2.75) is 12.5 Å². The van der Waals surface area contributed by atoms with Crippen molar-refractivity contribution in [1.82, 2.24) is 5.32 Å². The molecule has 0 spiro atoms. The maximum absolute atomic E-state index is 12.7. The summed E-state index contributed by atoms with van der Waals surface area (Å²) in [5, 5.41) is 13.9. The van der Waals surface area contributed by atoms with Gasteiger partial charge in [0.2, 0.25) is 0 Å². The summed E-state index contributed by atoms with van der Waals surface area (Å²) in [7, 11) is 0. The third-order valence-corrected chi connectivity index (χ3v) is 3.86. The lowest BCUT2D eigenvalue weighted by Crippen LogP contribution is -2.46. The Bertz CT molecular complexity index is 606. The van der Waals surface area contributed by atoms with Gasteiger partial charge < -0.3 is 15.0 Å². The Hall–Kier alpha value is -2.25. The van der Waals surface area contributed by atoms with E-state index in [4.69, 9.17) is 4.74 Å². The molecule has 1 amide bonds. The second-order valence-electron chi connectivity index (χ2n) is 5.24. The molecule has 7 heteroatoms. The number of hydrogen-bond donors (Lipinski definition) is 1. The van der Waals surface area contributed by atoms with Gasteiger partial charge in [-0.05, 0) is 18.6 Å². The van der Waals surface area contributed by atoms with Crippen molar-refractivity contribution in [3.63, 3.8) is 0 Å². The number of nitrogens with one attached hydrogen (secondary N) is 1. The number of nitro benzene ring substituents is 1. The van der Waals surface area contributed by atoms with Crippen molar-refractivity contribution in [1.29, 1.82) is 0 Å². The Morgan fingerprint density at radius 3 is 2.73 bits per heavy atom. The van der Waals surface area contributed by atoms with Crippen LogP contribution in [-0.4, -0.2) is 43.2 Å². The SMILES string of the molecule is O=C1C(C2CNCCO2)=CCCN1c1ccc([N+](=O)[O-])cc1. The standard InChI is InChI=1S/C15H17N3O4/c19-15-13(14-10-16-7-9-22-14)2-1-8-17(15)11-3-5-12(6-4-11)18(20)21/h2-6,14,16H,1,7-10H2. The van der Waals surface area contributed by atoms with Gasteiger partial charge in [0.05, 0.1) is 17.6 Å². The van der Waals surface area contributed by atoms with Crippen molar-refractivity contribution < 1.29 is 14.5 Å². The maximum Gasteiger partial charge on any atom is 0.269 e. The second-order valence-corrected chi connectivity index (χ2v) is 5.24. The molecular weight excluding hydrogens is 286 g/mol. The zero-order valence-corrected chi connectivity index (χ0v) is 12.0. The molecule has 3 rings (SSSR count). The maximum atomic E-state index is 12.7. The van der Waals surface area contributed by atoms with Crippen LogP contribution in [0.25, 0.3) is 0 Å². The molecular formula is C15H17N3O4. The first-order chi connectivity index (χ1) is 10.7. The van der Waals surface area contributed by atoms with E-state index in [-0.39, 0.29) is 17.7 Å². The van der Waals surface area contributed by atoms with Crippen LogP contribution in [0.5, 0.6) is 0 Å². The number of carbonyl (C=O) groups excluding carboxylic acids is 1. The van der Waals surface area contributed by atoms with Crippen LogP contribution in [0.15, 0.2) is 35.9 Å². The Labute approximate surface area is 127 Å². The first kappa shape index (κ1) is 14.7. The normalized spacial score (nSPS) is 22.4. The molecule has 1 unspecified atom stereocenters. The molecule has 0 aliphatic carbocycles. The molecule has 1 N–H and O–H groups in total. The van der Waals surface area contributed by atoms with E-state index < -0.39 is 4.92 Å². The van der Waals surface area contributed by atoms with Gasteiger partial charge in [0.1, 0.15) is 0 Å².